The molecule has 17 heavy (non-hydrogen) atoms. The Kier molecular flexibility index (Phi) is 3.99. The molecule has 0 fully saturated rings. The van der Waals surface area contributed by atoms with Crippen molar-refractivity contribution in [2.75, 3.05) is 6.54 Å². The third kappa shape index (κ3) is 3.30. The molecule has 0 saturated carbocycles. The quantitative estimate of drug-likeness (QED) is 0.850. The van der Waals surface area contributed by atoms with E-state index in [1.54, 1.807) is 25.2 Å². The molecule has 0 aliphatic heterocycles. The van der Waals surface area contributed by atoms with Crippen molar-refractivity contribution >= 4 is 17.3 Å². The molecule has 0 atom stereocenters. The van der Waals surface area contributed by atoms with Crippen molar-refractivity contribution in [3.8, 4) is 0 Å². The Morgan fingerprint density at radius 2 is 2.00 bits per heavy atom. The molecule has 0 aliphatic rings. The fourth-order valence-electron chi connectivity index (χ4n) is 1.66. The van der Waals surface area contributed by atoms with Gasteiger partial charge in [-0.25, -0.2) is 0 Å². The first-order chi connectivity index (χ1) is 7.67. The summed E-state index contributed by atoms with van der Waals surface area (Å²) in [5.41, 5.74) is 0.336. The van der Waals surface area contributed by atoms with Crippen LogP contribution in [0, 0.1) is 6.92 Å². The van der Waals surface area contributed by atoms with Gasteiger partial charge in [-0.2, -0.15) is 0 Å². The highest BCUT2D eigenvalue weighted by Crippen LogP contribution is 2.30. The lowest BCUT2D eigenvalue weighted by Crippen LogP contribution is -2.50. The summed E-state index contributed by atoms with van der Waals surface area (Å²) in [5, 5.41) is 14.3. The third-order valence-electron chi connectivity index (χ3n) is 2.98. The van der Waals surface area contributed by atoms with Crippen LogP contribution in [0.2, 0.25) is 0 Å². The number of aliphatic carboxylic acids is 1. The van der Waals surface area contributed by atoms with Gasteiger partial charge in [-0.05, 0) is 37.8 Å². The third-order valence-corrected chi connectivity index (χ3v) is 4.37. The molecule has 0 saturated heterocycles. The summed E-state index contributed by atoms with van der Waals surface area (Å²) in [5.74, 6) is -0.823. The van der Waals surface area contributed by atoms with Crippen LogP contribution < -0.4 is 5.32 Å². The number of aryl methyl sites for hydroxylation is 1. The van der Waals surface area contributed by atoms with Crippen molar-refractivity contribution in [3.05, 3.63) is 21.9 Å². The number of nitrogens with one attached hydrogen (secondary N) is 1. The first-order valence-corrected chi connectivity index (χ1v) is 6.58. The van der Waals surface area contributed by atoms with Crippen molar-refractivity contribution in [2.45, 2.75) is 45.6 Å². The molecule has 0 spiro atoms. The summed E-state index contributed by atoms with van der Waals surface area (Å²) in [6, 6.07) is 2.10. The lowest BCUT2D eigenvalue weighted by molar-refractivity contribution is -0.143. The number of carbonyl (C=O) groups is 1. The average molecular weight is 255 g/mol. The van der Waals surface area contributed by atoms with E-state index in [0.717, 1.165) is 0 Å². The van der Waals surface area contributed by atoms with Crippen LogP contribution in [0.5, 0.6) is 0 Å². The van der Waals surface area contributed by atoms with Gasteiger partial charge in [0.25, 0.3) is 0 Å². The average Bonchev–Trinajstić information content (AvgIpc) is 2.62. The zero-order chi connectivity index (χ0) is 13.3. The van der Waals surface area contributed by atoms with E-state index >= 15 is 0 Å². The number of carboxylic acid groups (broad SMARTS) is 1. The van der Waals surface area contributed by atoms with Gasteiger partial charge in [-0.1, -0.05) is 13.8 Å². The van der Waals surface area contributed by atoms with Crippen molar-refractivity contribution < 1.29 is 9.90 Å². The molecule has 1 heterocycles. The second-order valence-corrected chi connectivity index (χ2v) is 6.52. The molecule has 96 valence electrons. The smallest absolute Gasteiger partial charge is 0.323 e. The van der Waals surface area contributed by atoms with Gasteiger partial charge < -0.3 is 10.4 Å². The van der Waals surface area contributed by atoms with E-state index in [2.05, 4.69) is 37.5 Å². The number of hydrogen-bond acceptors (Lipinski definition) is 3. The molecule has 0 bridgehead atoms. The number of thiophene rings is 1. The maximum absolute atomic E-state index is 11.0. The Bertz CT molecular complexity index is 407. The molecule has 0 radical (unpaired) electrons. The first kappa shape index (κ1) is 14.2. The summed E-state index contributed by atoms with van der Waals surface area (Å²) in [6.45, 7) is 10.4. The van der Waals surface area contributed by atoms with E-state index in [1.165, 1.54) is 10.4 Å². The highest BCUT2D eigenvalue weighted by Gasteiger charge is 2.31. The molecule has 0 aliphatic carbocycles. The van der Waals surface area contributed by atoms with E-state index in [4.69, 9.17) is 5.11 Å². The van der Waals surface area contributed by atoms with Crippen molar-refractivity contribution in [1.82, 2.24) is 5.32 Å². The standard InChI is InChI=1S/C13H21NO2S/c1-9-6-7-17-10(9)12(2,3)8-14-13(4,5)11(15)16/h6-7,14H,8H2,1-5H3,(H,15,16). The van der Waals surface area contributed by atoms with Gasteiger partial charge >= 0.3 is 5.97 Å². The van der Waals surface area contributed by atoms with Gasteiger partial charge in [-0.3, -0.25) is 4.79 Å². The van der Waals surface area contributed by atoms with Gasteiger partial charge in [0.15, 0.2) is 0 Å². The van der Waals surface area contributed by atoms with Crippen molar-refractivity contribution in [2.24, 2.45) is 0 Å². The lowest BCUT2D eigenvalue weighted by atomic mass is 9.88. The minimum atomic E-state index is -0.886. The molecule has 0 aromatic carbocycles. The second-order valence-electron chi connectivity index (χ2n) is 5.60. The predicted molar refractivity (Wildman–Crippen MR) is 71.8 cm³/mol. The van der Waals surface area contributed by atoms with Crippen LogP contribution in [-0.4, -0.2) is 23.2 Å². The summed E-state index contributed by atoms with van der Waals surface area (Å²) in [6.07, 6.45) is 0. The van der Waals surface area contributed by atoms with Crippen LogP contribution in [0.25, 0.3) is 0 Å². The van der Waals surface area contributed by atoms with Crippen LogP contribution >= 0.6 is 11.3 Å². The van der Waals surface area contributed by atoms with Crippen LogP contribution in [0.4, 0.5) is 0 Å². The molecular formula is C13H21NO2S. The molecule has 3 nitrogen and oxygen atoms in total. The fourth-order valence-corrected chi connectivity index (χ4v) is 2.72. The monoisotopic (exact) mass is 255 g/mol. The van der Waals surface area contributed by atoms with E-state index in [9.17, 15) is 4.79 Å². The molecule has 4 heteroatoms. The van der Waals surface area contributed by atoms with Crippen LogP contribution in [0.1, 0.15) is 38.1 Å². The summed E-state index contributed by atoms with van der Waals surface area (Å²) in [7, 11) is 0. The van der Waals surface area contributed by atoms with Crippen LogP contribution in [0.15, 0.2) is 11.4 Å². The van der Waals surface area contributed by atoms with E-state index < -0.39 is 11.5 Å². The highest BCUT2D eigenvalue weighted by molar-refractivity contribution is 7.10. The van der Waals surface area contributed by atoms with Gasteiger partial charge in [0.2, 0.25) is 0 Å². The Morgan fingerprint density at radius 1 is 1.41 bits per heavy atom. The normalized spacial score (nSPS) is 12.8. The summed E-state index contributed by atoms with van der Waals surface area (Å²) < 4.78 is 0. The molecule has 1 rings (SSSR count). The van der Waals surface area contributed by atoms with Gasteiger partial charge in [0.1, 0.15) is 5.54 Å². The van der Waals surface area contributed by atoms with E-state index in [0.29, 0.717) is 6.54 Å². The molecule has 0 unspecified atom stereocenters. The Labute approximate surface area is 107 Å². The summed E-state index contributed by atoms with van der Waals surface area (Å²) >= 11 is 1.73. The number of rotatable bonds is 5. The van der Waals surface area contributed by atoms with Gasteiger partial charge in [-0.15, -0.1) is 11.3 Å². The predicted octanol–water partition coefficient (Wildman–Crippen LogP) is 2.79. The largest absolute Gasteiger partial charge is 0.480 e. The molecule has 0 amide bonds. The SMILES string of the molecule is Cc1ccsc1C(C)(C)CNC(C)(C)C(=O)O. The topological polar surface area (TPSA) is 49.3 Å². The molecular weight excluding hydrogens is 234 g/mol. The Hall–Kier alpha value is -0.870. The Morgan fingerprint density at radius 3 is 2.41 bits per heavy atom. The number of carboxylic acids is 1. The van der Waals surface area contributed by atoms with E-state index in [-0.39, 0.29) is 5.41 Å². The van der Waals surface area contributed by atoms with E-state index in [1.807, 2.05) is 0 Å². The minimum Gasteiger partial charge on any atom is -0.480 e. The van der Waals surface area contributed by atoms with Crippen LogP contribution in [0.3, 0.4) is 0 Å². The van der Waals surface area contributed by atoms with Gasteiger partial charge in [0.05, 0.1) is 0 Å². The molecule has 1 aromatic heterocycles. The zero-order valence-electron chi connectivity index (χ0n) is 11.1. The molecule has 2 N–H and O–H groups in total. The van der Waals surface area contributed by atoms with Crippen LogP contribution in [-0.2, 0) is 10.2 Å². The van der Waals surface area contributed by atoms with Crippen molar-refractivity contribution in [1.29, 1.82) is 0 Å². The highest BCUT2D eigenvalue weighted by atomic mass is 32.1. The Balaban J connectivity index is 2.75. The fraction of sp³-hybridized carbons (Fsp3) is 0.615. The maximum Gasteiger partial charge on any atom is 0.323 e. The summed E-state index contributed by atoms with van der Waals surface area (Å²) in [4.78, 5) is 12.3. The first-order valence-electron chi connectivity index (χ1n) is 5.70. The van der Waals surface area contributed by atoms with Gasteiger partial charge in [0, 0.05) is 16.8 Å². The maximum atomic E-state index is 11.0. The van der Waals surface area contributed by atoms with Crippen molar-refractivity contribution in [3.63, 3.8) is 0 Å². The minimum absolute atomic E-state index is 0.0506. The molecule has 1 aromatic rings. The number of hydrogen-bond donors (Lipinski definition) is 2. The second kappa shape index (κ2) is 4.78. The zero-order valence-corrected chi connectivity index (χ0v) is 11.9. The lowest BCUT2D eigenvalue weighted by Gasteiger charge is -2.30.